The van der Waals surface area contributed by atoms with Crippen LogP contribution in [0, 0.1) is 0 Å². The number of aromatic nitrogens is 3. The van der Waals surface area contributed by atoms with Crippen molar-refractivity contribution in [2.24, 2.45) is 0 Å². The van der Waals surface area contributed by atoms with Crippen molar-refractivity contribution in [1.82, 2.24) is 20.0 Å². The third-order valence-electron chi connectivity index (χ3n) is 3.57. The van der Waals surface area contributed by atoms with Gasteiger partial charge in [-0.05, 0) is 24.3 Å². The lowest BCUT2D eigenvalue weighted by Gasteiger charge is -2.22. The summed E-state index contributed by atoms with van der Waals surface area (Å²) in [7, 11) is 0. The first-order chi connectivity index (χ1) is 9.92. The van der Waals surface area contributed by atoms with Gasteiger partial charge in [-0.25, -0.2) is 0 Å². The second kappa shape index (κ2) is 4.64. The van der Waals surface area contributed by atoms with Gasteiger partial charge in [-0.15, -0.1) is 0 Å². The average molecular weight is 270 g/mol. The minimum absolute atomic E-state index is 0.189. The lowest BCUT2D eigenvalue weighted by Crippen LogP contribution is -2.40. The zero-order valence-corrected chi connectivity index (χ0v) is 10.8. The minimum atomic E-state index is -0.189. The topological polar surface area (TPSA) is 69.0 Å². The number of nitrogens with zero attached hydrogens (tertiary/aromatic N) is 3. The van der Waals surface area contributed by atoms with E-state index in [-0.39, 0.29) is 6.04 Å². The van der Waals surface area contributed by atoms with Crippen LogP contribution in [-0.4, -0.2) is 27.8 Å². The molecule has 0 amide bonds. The minimum Gasteiger partial charge on any atom is -0.467 e. The second-order valence-corrected chi connectivity index (χ2v) is 4.89. The van der Waals surface area contributed by atoms with Crippen LogP contribution in [0.3, 0.4) is 0 Å². The predicted octanol–water partition coefficient (Wildman–Crippen LogP) is 1.79. The molecule has 102 valence electrons. The molecule has 0 bridgehead atoms. The smallest absolute Gasteiger partial charge is 0.232 e. The highest BCUT2D eigenvalue weighted by Gasteiger charge is 2.29. The zero-order valence-electron chi connectivity index (χ0n) is 10.8. The molecule has 4 heterocycles. The third-order valence-corrected chi connectivity index (χ3v) is 3.57. The summed E-state index contributed by atoms with van der Waals surface area (Å²) < 4.78 is 12.9. The Morgan fingerprint density at radius 3 is 2.75 bits per heavy atom. The molecule has 1 saturated heterocycles. The van der Waals surface area contributed by atoms with Crippen LogP contribution in [0.2, 0.25) is 0 Å². The van der Waals surface area contributed by atoms with E-state index in [0.717, 1.165) is 18.8 Å². The van der Waals surface area contributed by atoms with Gasteiger partial charge in [-0.2, -0.15) is 4.98 Å². The standard InChI is InChI=1S/C14H14N4O2/c1-2-6-18(5-1)12(11-4-3-7-19-11)13-16-14(20-17-13)10-8-15-9-10/h1-7,10,12,15H,8-9H2/t12-/m0/s1. The van der Waals surface area contributed by atoms with Gasteiger partial charge >= 0.3 is 0 Å². The summed E-state index contributed by atoms with van der Waals surface area (Å²) in [5.41, 5.74) is 0. The lowest BCUT2D eigenvalue weighted by molar-refractivity contribution is 0.304. The molecule has 6 nitrogen and oxygen atoms in total. The molecular weight excluding hydrogens is 256 g/mol. The molecule has 0 aromatic carbocycles. The van der Waals surface area contributed by atoms with Gasteiger partial charge in [0.05, 0.1) is 12.2 Å². The van der Waals surface area contributed by atoms with E-state index < -0.39 is 0 Å². The van der Waals surface area contributed by atoms with Gasteiger partial charge in [0.2, 0.25) is 11.7 Å². The van der Waals surface area contributed by atoms with Gasteiger partial charge in [0.1, 0.15) is 5.76 Å². The van der Waals surface area contributed by atoms with E-state index in [1.807, 2.05) is 41.2 Å². The van der Waals surface area contributed by atoms with Crippen LogP contribution in [0.25, 0.3) is 0 Å². The van der Waals surface area contributed by atoms with Crippen molar-refractivity contribution in [3.05, 3.63) is 60.4 Å². The highest BCUT2D eigenvalue weighted by molar-refractivity contribution is 5.18. The quantitative estimate of drug-likeness (QED) is 0.782. The molecule has 0 saturated carbocycles. The summed E-state index contributed by atoms with van der Waals surface area (Å²) in [6.45, 7) is 1.80. The Hall–Kier alpha value is -2.34. The van der Waals surface area contributed by atoms with Crippen LogP contribution < -0.4 is 5.32 Å². The molecule has 1 atom stereocenters. The highest BCUT2D eigenvalue weighted by atomic mass is 16.5. The van der Waals surface area contributed by atoms with E-state index in [1.54, 1.807) is 6.26 Å². The summed E-state index contributed by atoms with van der Waals surface area (Å²) in [5, 5.41) is 7.34. The fraction of sp³-hybridized carbons (Fsp3) is 0.286. The van der Waals surface area contributed by atoms with Crippen molar-refractivity contribution in [2.75, 3.05) is 13.1 Å². The van der Waals surface area contributed by atoms with Crippen LogP contribution in [0.1, 0.15) is 29.4 Å². The Labute approximate surface area is 115 Å². The van der Waals surface area contributed by atoms with Gasteiger partial charge in [0, 0.05) is 25.5 Å². The Balaban J connectivity index is 1.72. The molecule has 1 fully saturated rings. The van der Waals surface area contributed by atoms with Crippen LogP contribution in [0.4, 0.5) is 0 Å². The zero-order chi connectivity index (χ0) is 13.4. The van der Waals surface area contributed by atoms with E-state index in [9.17, 15) is 0 Å². The maximum Gasteiger partial charge on any atom is 0.232 e. The summed E-state index contributed by atoms with van der Waals surface area (Å²) in [5.74, 6) is 2.44. The Kier molecular flexibility index (Phi) is 2.67. The molecule has 4 rings (SSSR count). The van der Waals surface area contributed by atoms with Gasteiger partial charge in [-0.3, -0.25) is 0 Å². The molecule has 1 N–H and O–H groups in total. The number of furan rings is 1. The molecule has 3 aromatic heterocycles. The first-order valence-electron chi connectivity index (χ1n) is 6.62. The number of nitrogens with one attached hydrogen (secondary N) is 1. The SMILES string of the molecule is c1coc([C@@H](c2noc(C3CNC3)n2)n2cccc2)c1. The third kappa shape index (κ3) is 1.85. The van der Waals surface area contributed by atoms with Gasteiger partial charge in [0.15, 0.2) is 6.04 Å². The van der Waals surface area contributed by atoms with Crippen molar-refractivity contribution >= 4 is 0 Å². The number of hydrogen-bond donors (Lipinski definition) is 1. The van der Waals surface area contributed by atoms with E-state index in [1.165, 1.54) is 0 Å². The monoisotopic (exact) mass is 270 g/mol. The van der Waals surface area contributed by atoms with Crippen molar-refractivity contribution in [1.29, 1.82) is 0 Å². The maximum absolute atomic E-state index is 5.53. The van der Waals surface area contributed by atoms with Crippen molar-refractivity contribution in [2.45, 2.75) is 12.0 Å². The van der Waals surface area contributed by atoms with Crippen molar-refractivity contribution < 1.29 is 8.94 Å². The molecule has 3 aromatic rings. The Morgan fingerprint density at radius 1 is 1.25 bits per heavy atom. The highest BCUT2D eigenvalue weighted by Crippen LogP contribution is 2.27. The van der Waals surface area contributed by atoms with Crippen LogP contribution >= 0.6 is 0 Å². The van der Waals surface area contributed by atoms with Gasteiger partial charge in [-0.1, -0.05) is 5.16 Å². The fourth-order valence-electron chi connectivity index (χ4n) is 2.36. The van der Waals surface area contributed by atoms with E-state index >= 15 is 0 Å². The molecule has 0 unspecified atom stereocenters. The van der Waals surface area contributed by atoms with Crippen LogP contribution in [0.15, 0.2) is 51.9 Å². The summed E-state index contributed by atoms with van der Waals surface area (Å²) in [6.07, 6.45) is 5.59. The van der Waals surface area contributed by atoms with Crippen LogP contribution in [-0.2, 0) is 0 Å². The molecule has 20 heavy (non-hydrogen) atoms. The Bertz CT molecular complexity index is 634. The summed E-state index contributed by atoms with van der Waals surface area (Å²) >= 11 is 0. The summed E-state index contributed by atoms with van der Waals surface area (Å²) in [6, 6.07) is 7.53. The first kappa shape index (κ1) is 11.5. The molecule has 1 aliphatic heterocycles. The average Bonchev–Trinajstić information content (AvgIpc) is 3.10. The number of rotatable bonds is 4. The van der Waals surface area contributed by atoms with Gasteiger partial charge < -0.3 is 18.8 Å². The molecule has 0 spiro atoms. The largest absolute Gasteiger partial charge is 0.467 e. The molecular formula is C14H14N4O2. The van der Waals surface area contributed by atoms with Gasteiger partial charge in [0.25, 0.3) is 0 Å². The maximum atomic E-state index is 5.53. The van der Waals surface area contributed by atoms with E-state index in [4.69, 9.17) is 8.94 Å². The number of hydrogen-bond acceptors (Lipinski definition) is 5. The van der Waals surface area contributed by atoms with Crippen molar-refractivity contribution in [3.63, 3.8) is 0 Å². The molecule has 6 heteroatoms. The normalized spacial score (nSPS) is 17.0. The summed E-state index contributed by atoms with van der Waals surface area (Å²) in [4.78, 5) is 4.55. The predicted molar refractivity (Wildman–Crippen MR) is 70.3 cm³/mol. The van der Waals surface area contributed by atoms with Crippen LogP contribution in [0.5, 0.6) is 0 Å². The van der Waals surface area contributed by atoms with E-state index in [0.29, 0.717) is 17.6 Å². The fourth-order valence-corrected chi connectivity index (χ4v) is 2.36. The lowest BCUT2D eigenvalue weighted by atomic mass is 10.0. The molecule has 1 aliphatic rings. The van der Waals surface area contributed by atoms with Crippen molar-refractivity contribution in [3.8, 4) is 0 Å². The molecule has 0 radical (unpaired) electrons. The first-order valence-corrected chi connectivity index (χ1v) is 6.62. The van der Waals surface area contributed by atoms with E-state index in [2.05, 4.69) is 15.5 Å². The Morgan fingerprint density at radius 2 is 2.10 bits per heavy atom. The molecule has 0 aliphatic carbocycles. The second-order valence-electron chi connectivity index (χ2n) is 4.89.